The third-order valence-corrected chi connectivity index (χ3v) is 5.04. The maximum atomic E-state index is 12.3. The van der Waals surface area contributed by atoms with Crippen molar-refractivity contribution in [1.82, 2.24) is 14.9 Å². The molecule has 1 aliphatic rings. The lowest BCUT2D eigenvalue weighted by molar-refractivity contribution is -0.133. The Morgan fingerprint density at radius 3 is 2.81 bits per heavy atom. The molecule has 1 aliphatic heterocycles. The highest BCUT2D eigenvalue weighted by atomic mass is 35.5. The number of carbonyl (C=O) groups is 1. The van der Waals surface area contributed by atoms with Gasteiger partial charge in [0.1, 0.15) is 12.1 Å². The number of aromatic nitrogens is 2. The van der Waals surface area contributed by atoms with E-state index in [9.17, 15) is 4.79 Å². The van der Waals surface area contributed by atoms with Gasteiger partial charge in [-0.05, 0) is 49.2 Å². The SMILES string of the molecule is CC(C)N1Cc2cc(Nc3ncnc4ccccc34)cc(Cl)c2CC1=O. The van der Waals surface area contributed by atoms with Gasteiger partial charge in [-0.2, -0.15) is 0 Å². The first-order valence-electron chi connectivity index (χ1n) is 8.60. The normalized spacial score (nSPS) is 14.0. The van der Waals surface area contributed by atoms with E-state index in [4.69, 9.17) is 11.6 Å². The van der Waals surface area contributed by atoms with Gasteiger partial charge in [0.15, 0.2) is 0 Å². The molecule has 6 heteroatoms. The summed E-state index contributed by atoms with van der Waals surface area (Å²) in [4.78, 5) is 22.8. The number of rotatable bonds is 3. The number of benzene rings is 2. The molecule has 132 valence electrons. The Morgan fingerprint density at radius 1 is 1.19 bits per heavy atom. The van der Waals surface area contributed by atoms with E-state index in [1.807, 2.05) is 49.1 Å². The van der Waals surface area contributed by atoms with Crippen molar-refractivity contribution in [3.05, 3.63) is 58.9 Å². The van der Waals surface area contributed by atoms with Gasteiger partial charge in [-0.15, -0.1) is 0 Å². The summed E-state index contributed by atoms with van der Waals surface area (Å²) in [6, 6.07) is 11.9. The van der Waals surface area contributed by atoms with Crippen LogP contribution in [0.2, 0.25) is 5.02 Å². The Hall–Kier alpha value is -2.66. The maximum absolute atomic E-state index is 12.3. The van der Waals surface area contributed by atoms with E-state index >= 15 is 0 Å². The fourth-order valence-corrected chi connectivity index (χ4v) is 3.65. The van der Waals surface area contributed by atoms with Crippen LogP contribution in [0.15, 0.2) is 42.7 Å². The first kappa shape index (κ1) is 16.8. The number of nitrogens with one attached hydrogen (secondary N) is 1. The standard InChI is InChI=1S/C20H19ClN4O/c1-12(2)25-10-13-7-14(8-17(21)16(13)9-19(25)26)24-20-15-5-3-4-6-18(15)22-11-23-20/h3-8,11-12H,9-10H2,1-2H3,(H,22,23,24). The molecule has 0 radical (unpaired) electrons. The highest BCUT2D eigenvalue weighted by molar-refractivity contribution is 6.32. The van der Waals surface area contributed by atoms with E-state index in [-0.39, 0.29) is 11.9 Å². The monoisotopic (exact) mass is 366 g/mol. The van der Waals surface area contributed by atoms with Crippen molar-refractivity contribution in [2.24, 2.45) is 0 Å². The van der Waals surface area contributed by atoms with E-state index < -0.39 is 0 Å². The summed E-state index contributed by atoms with van der Waals surface area (Å²) in [7, 11) is 0. The fraction of sp³-hybridized carbons (Fsp3) is 0.250. The van der Waals surface area contributed by atoms with Crippen LogP contribution in [-0.2, 0) is 17.8 Å². The van der Waals surface area contributed by atoms with Crippen LogP contribution in [0.5, 0.6) is 0 Å². The molecule has 0 spiro atoms. The van der Waals surface area contributed by atoms with Gasteiger partial charge in [0.25, 0.3) is 0 Å². The number of hydrogen-bond acceptors (Lipinski definition) is 4. The maximum Gasteiger partial charge on any atom is 0.227 e. The zero-order valence-corrected chi connectivity index (χ0v) is 15.4. The number of carbonyl (C=O) groups excluding carboxylic acids is 1. The number of amides is 1. The van der Waals surface area contributed by atoms with Crippen molar-refractivity contribution >= 4 is 39.9 Å². The molecule has 4 rings (SSSR count). The predicted molar refractivity (Wildman–Crippen MR) is 104 cm³/mol. The molecule has 0 unspecified atom stereocenters. The van der Waals surface area contributed by atoms with Crippen LogP contribution in [0.4, 0.5) is 11.5 Å². The first-order chi connectivity index (χ1) is 12.5. The average molecular weight is 367 g/mol. The van der Waals surface area contributed by atoms with Gasteiger partial charge in [0.05, 0.1) is 11.9 Å². The third-order valence-electron chi connectivity index (χ3n) is 4.71. The number of nitrogens with zero attached hydrogens (tertiary/aromatic N) is 3. The molecular formula is C20H19ClN4O. The summed E-state index contributed by atoms with van der Waals surface area (Å²) in [6.07, 6.45) is 1.90. The smallest absolute Gasteiger partial charge is 0.227 e. The second kappa shape index (κ2) is 6.57. The largest absolute Gasteiger partial charge is 0.340 e. The summed E-state index contributed by atoms with van der Waals surface area (Å²) in [5.74, 6) is 0.858. The summed E-state index contributed by atoms with van der Waals surface area (Å²) >= 11 is 6.48. The summed E-state index contributed by atoms with van der Waals surface area (Å²) in [6.45, 7) is 4.63. The van der Waals surface area contributed by atoms with Gasteiger partial charge in [-0.1, -0.05) is 23.7 Å². The number of anilines is 2. The van der Waals surface area contributed by atoms with Crippen molar-refractivity contribution in [3.63, 3.8) is 0 Å². The molecule has 0 bridgehead atoms. The third kappa shape index (κ3) is 2.99. The van der Waals surface area contributed by atoms with Crippen LogP contribution in [-0.4, -0.2) is 26.8 Å². The van der Waals surface area contributed by atoms with Crippen molar-refractivity contribution in [2.45, 2.75) is 32.9 Å². The second-order valence-electron chi connectivity index (χ2n) is 6.75. The van der Waals surface area contributed by atoms with Crippen molar-refractivity contribution in [2.75, 3.05) is 5.32 Å². The Labute approximate surface area is 157 Å². The lowest BCUT2D eigenvalue weighted by atomic mass is 9.97. The number of halogens is 1. The highest BCUT2D eigenvalue weighted by Gasteiger charge is 2.27. The molecule has 1 amide bonds. The molecule has 0 atom stereocenters. The van der Waals surface area contributed by atoms with Crippen LogP contribution in [0.25, 0.3) is 10.9 Å². The van der Waals surface area contributed by atoms with Crippen LogP contribution in [0, 0.1) is 0 Å². The molecule has 0 aliphatic carbocycles. The van der Waals surface area contributed by atoms with Crippen LogP contribution < -0.4 is 5.32 Å². The molecular weight excluding hydrogens is 348 g/mol. The van der Waals surface area contributed by atoms with Gasteiger partial charge >= 0.3 is 0 Å². The molecule has 1 N–H and O–H groups in total. The van der Waals surface area contributed by atoms with Crippen LogP contribution >= 0.6 is 11.6 Å². The molecule has 1 aromatic heterocycles. The predicted octanol–water partition coefficient (Wildman–Crippen LogP) is 4.32. The van der Waals surface area contributed by atoms with Crippen molar-refractivity contribution in [3.8, 4) is 0 Å². The number of hydrogen-bond donors (Lipinski definition) is 1. The van der Waals surface area contributed by atoms with Gasteiger partial charge in [-0.3, -0.25) is 4.79 Å². The topological polar surface area (TPSA) is 58.1 Å². The van der Waals surface area contributed by atoms with Crippen LogP contribution in [0.3, 0.4) is 0 Å². The lowest BCUT2D eigenvalue weighted by Crippen LogP contribution is -2.40. The van der Waals surface area contributed by atoms with E-state index in [0.717, 1.165) is 33.5 Å². The molecule has 26 heavy (non-hydrogen) atoms. The molecule has 3 aromatic rings. The zero-order chi connectivity index (χ0) is 18.3. The fourth-order valence-electron chi connectivity index (χ4n) is 3.34. The molecule has 2 aromatic carbocycles. The minimum atomic E-state index is 0.122. The second-order valence-corrected chi connectivity index (χ2v) is 7.16. The van der Waals surface area contributed by atoms with Gasteiger partial charge in [0.2, 0.25) is 5.91 Å². The number of para-hydroxylation sites is 1. The Balaban J connectivity index is 1.72. The molecule has 5 nitrogen and oxygen atoms in total. The Morgan fingerprint density at radius 2 is 2.00 bits per heavy atom. The summed E-state index contributed by atoms with van der Waals surface area (Å²) in [5.41, 5.74) is 3.74. The molecule has 0 saturated carbocycles. The van der Waals surface area contributed by atoms with E-state index in [2.05, 4.69) is 21.4 Å². The molecule has 0 fully saturated rings. The van der Waals surface area contributed by atoms with Crippen LogP contribution in [0.1, 0.15) is 25.0 Å². The Bertz CT molecular complexity index is 997. The quantitative estimate of drug-likeness (QED) is 0.750. The molecule has 2 heterocycles. The van der Waals surface area contributed by atoms with Gasteiger partial charge < -0.3 is 10.2 Å². The van der Waals surface area contributed by atoms with Crippen molar-refractivity contribution in [1.29, 1.82) is 0 Å². The minimum Gasteiger partial charge on any atom is -0.340 e. The van der Waals surface area contributed by atoms with E-state index in [1.165, 1.54) is 0 Å². The van der Waals surface area contributed by atoms with Crippen molar-refractivity contribution < 1.29 is 4.79 Å². The van der Waals surface area contributed by atoms with E-state index in [0.29, 0.717) is 18.0 Å². The van der Waals surface area contributed by atoms with Gasteiger partial charge in [-0.25, -0.2) is 9.97 Å². The summed E-state index contributed by atoms with van der Waals surface area (Å²) in [5, 5.41) is 4.91. The molecule has 0 saturated heterocycles. The Kier molecular flexibility index (Phi) is 4.24. The number of fused-ring (bicyclic) bond motifs is 2. The zero-order valence-electron chi connectivity index (χ0n) is 14.7. The first-order valence-corrected chi connectivity index (χ1v) is 8.98. The van der Waals surface area contributed by atoms with E-state index in [1.54, 1.807) is 6.33 Å². The minimum absolute atomic E-state index is 0.122. The average Bonchev–Trinajstić information content (AvgIpc) is 2.62. The summed E-state index contributed by atoms with van der Waals surface area (Å²) < 4.78 is 0. The van der Waals surface area contributed by atoms with Gasteiger partial charge in [0, 0.05) is 28.7 Å². The highest BCUT2D eigenvalue weighted by Crippen LogP contribution is 2.33. The lowest BCUT2D eigenvalue weighted by Gasteiger charge is -2.32.